The summed E-state index contributed by atoms with van der Waals surface area (Å²) in [5.74, 6) is -0.840. The van der Waals surface area contributed by atoms with Crippen molar-refractivity contribution in [3.05, 3.63) is 45.3 Å². The topological polar surface area (TPSA) is 114 Å². The zero-order valence-electron chi connectivity index (χ0n) is 15.8. The third kappa shape index (κ3) is 5.26. The number of hydrogen-bond acceptors (Lipinski definition) is 6. The molecular formula is C19H21ClN4O4S. The lowest BCUT2D eigenvalue weighted by Crippen LogP contribution is -2.32. The Morgan fingerprint density at radius 1 is 1.24 bits per heavy atom. The number of benzene rings is 1. The van der Waals surface area contributed by atoms with Gasteiger partial charge >= 0.3 is 12.0 Å². The smallest absolute Gasteiger partial charge is 0.324 e. The molecule has 154 valence electrons. The Hall–Kier alpha value is -2.62. The van der Waals surface area contributed by atoms with Crippen molar-refractivity contribution >= 4 is 51.5 Å². The monoisotopic (exact) mass is 436 g/mol. The fourth-order valence-electron chi connectivity index (χ4n) is 3.15. The number of nitrogens with zero attached hydrogens (tertiary/aromatic N) is 1. The highest BCUT2D eigenvalue weighted by Crippen LogP contribution is 2.37. The summed E-state index contributed by atoms with van der Waals surface area (Å²) in [4.78, 5) is 38.8. The van der Waals surface area contributed by atoms with Gasteiger partial charge in [0.25, 0.3) is 5.91 Å². The van der Waals surface area contributed by atoms with E-state index in [0.717, 1.165) is 10.4 Å². The Labute approximate surface area is 177 Å². The molecule has 0 aliphatic carbocycles. The van der Waals surface area contributed by atoms with Gasteiger partial charge in [-0.05, 0) is 36.2 Å². The molecule has 29 heavy (non-hydrogen) atoms. The molecule has 10 heteroatoms. The number of rotatable bonds is 6. The predicted molar refractivity (Wildman–Crippen MR) is 113 cm³/mol. The number of esters is 1. The van der Waals surface area contributed by atoms with E-state index in [4.69, 9.17) is 17.3 Å². The maximum atomic E-state index is 12.4. The van der Waals surface area contributed by atoms with Crippen LogP contribution in [0.15, 0.2) is 24.3 Å². The molecule has 0 unspecified atom stereocenters. The Morgan fingerprint density at radius 2 is 1.97 bits per heavy atom. The molecule has 0 saturated carbocycles. The fourth-order valence-corrected chi connectivity index (χ4v) is 4.56. The van der Waals surface area contributed by atoms with Crippen molar-refractivity contribution in [1.82, 2.24) is 4.90 Å². The minimum Gasteiger partial charge on any atom is -0.469 e. The maximum absolute atomic E-state index is 12.4. The number of amides is 3. The fraction of sp³-hybridized carbons (Fsp3) is 0.316. The highest BCUT2D eigenvalue weighted by molar-refractivity contribution is 7.17. The van der Waals surface area contributed by atoms with Crippen LogP contribution in [0.25, 0.3) is 0 Å². The number of halogens is 1. The normalized spacial score (nSPS) is 13.4. The van der Waals surface area contributed by atoms with Gasteiger partial charge in [0, 0.05) is 35.2 Å². The minimum atomic E-state index is -0.577. The van der Waals surface area contributed by atoms with Crippen LogP contribution in [0.2, 0.25) is 5.02 Å². The molecule has 0 radical (unpaired) electrons. The van der Waals surface area contributed by atoms with Crippen LogP contribution in [0.3, 0.4) is 0 Å². The van der Waals surface area contributed by atoms with Crippen LogP contribution in [-0.4, -0.2) is 43.0 Å². The van der Waals surface area contributed by atoms with Crippen molar-refractivity contribution in [2.45, 2.75) is 19.4 Å². The van der Waals surface area contributed by atoms with Gasteiger partial charge in [-0.2, -0.15) is 0 Å². The zero-order valence-corrected chi connectivity index (χ0v) is 17.4. The average Bonchev–Trinajstić information content (AvgIpc) is 3.04. The van der Waals surface area contributed by atoms with Crippen molar-refractivity contribution < 1.29 is 19.1 Å². The Kier molecular flexibility index (Phi) is 6.73. The third-order valence-electron chi connectivity index (χ3n) is 4.57. The standard InChI is InChI=1S/C19H21ClN4O4S/c1-28-15(25)7-9-24-8-6-13-14(10-24)29-18(16(13)17(21)26)23-19(27)22-12-4-2-11(20)3-5-12/h2-5H,6-10H2,1H3,(H2,21,26)(H2,22,23,27). The van der Waals surface area contributed by atoms with Gasteiger partial charge in [0.05, 0.1) is 19.1 Å². The second-order valence-electron chi connectivity index (χ2n) is 6.51. The van der Waals surface area contributed by atoms with E-state index in [1.54, 1.807) is 24.3 Å². The van der Waals surface area contributed by atoms with E-state index in [1.807, 2.05) is 0 Å². The number of thiophene rings is 1. The van der Waals surface area contributed by atoms with Crippen molar-refractivity contribution in [2.75, 3.05) is 30.8 Å². The number of ether oxygens (including phenoxy) is 1. The summed E-state index contributed by atoms with van der Waals surface area (Å²) in [6.07, 6.45) is 0.917. The number of hydrogen-bond donors (Lipinski definition) is 3. The van der Waals surface area contributed by atoms with Crippen LogP contribution in [-0.2, 0) is 22.5 Å². The van der Waals surface area contributed by atoms with E-state index in [-0.39, 0.29) is 5.97 Å². The summed E-state index contributed by atoms with van der Waals surface area (Å²) >= 11 is 7.17. The molecule has 2 heterocycles. The van der Waals surface area contributed by atoms with E-state index in [2.05, 4.69) is 20.3 Å². The van der Waals surface area contributed by atoms with Crippen LogP contribution in [0.4, 0.5) is 15.5 Å². The molecule has 1 aliphatic rings. The van der Waals surface area contributed by atoms with Gasteiger partial charge in [0.2, 0.25) is 0 Å². The highest BCUT2D eigenvalue weighted by atomic mass is 35.5. The average molecular weight is 437 g/mol. The summed E-state index contributed by atoms with van der Waals surface area (Å²) in [5.41, 5.74) is 7.37. The maximum Gasteiger partial charge on any atom is 0.324 e. The van der Waals surface area contributed by atoms with Crippen LogP contribution >= 0.6 is 22.9 Å². The van der Waals surface area contributed by atoms with E-state index in [9.17, 15) is 14.4 Å². The van der Waals surface area contributed by atoms with Gasteiger partial charge in [-0.15, -0.1) is 11.3 Å². The van der Waals surface area contributed by atoms with Crippen molar-refractivity contribution in [3.63, 3.8) is 0 Å². The summed E-state index contributed by atoms with van der Waals surface area (Å²) < 4.78 is 4.68. The molecule has 3 amide bonds. The van der Waals surface area contributed by atoms with Crippen LogP contribution in [0, 0.1) is 0 Å². The van der Waals surface area contributed by atoms with Crippen molar-refractivity contribution in [1.29, 1.82) is 0 Å². The van der Waals surface area contributed by atoms with E-state index < -0.39 is 11.9 Å². The first kappa shape index (κ1) is 21.1. The second-order valence-corrected chi connectivity index (χ2v) is 8.05. The number of methoxy groups -OCH3 is 1. The number of carbonyl (C=O) groups excluding carboxylic acids is 3. The number of fused-ring (bicyclic) bond motifs is 1. The molecule has 0 bridgehead atoms. The van der Waals surface area contributed by atoms with Crippen LogP contribution in [0.1, 0.15) is 27.2 Å². The molecule has 8 nitrogen and oxygen atoms in total. The largest absolute Gasteiger partial charge is 0.469 e. The van der Waals surface area contributed by atoms with Gasteiger partial charge in [0.15, 0.2) is 0 Å². The number of anilines is 2. The van der Waals surface area contributed by atoms with Gasteiger partial charge in [-0.3, -0.25) is 19.8 Å². The van der Waals surface area contributed by atoms with E-state index in [1.165, 1.54) is 18.4 Å². The molecule has 1 aliphatic heterocycles. The molecule has 1 aromatic heterocycles. The highest BCUT2D eigenvalue weighted by Gasteiger charge is 2.28. The number of nitrogens with two attached hydrogens (primary N) is 1. The number of urea groups is 1. The van der Waals surface area contributed by atoms with Crippen LogP contribution < -0.4 is 16.4 Å². The molecule has 0 spiro atoms. The molecule has 0 atom stereocenters. The lowest BCUT2D eigenvalue weighted by molar-refractivity contribution is -0.141. The van der Waals surface area contributed by atoms with Gasteiger partial charge < -0.3 is 15.8 Å². The van der Waals surface area contributed by atoms with Crippen molar-refractivity contribution in [2.24, 2.45) is 5.73 Å². The van der Waals surface area contributed by atoms with Gasteiger partial charge in [-0.1, -0.05) is 11.6 Å². The molecule has 0 fully saturated rings. The molecule has 3 rings (SSSR count). The van der Waals surface area contributed by atoms with Gasteiger partial charge in [0.1, 0.15) is 5.00 Å². The Bertz CT molecular complexity index is 929. The third-order valence-corrected chi connectivity index (χ3v) is 5.96. The summed E-state index contributed by atoms with van der Waals surface area (Å²) in [5, 5.41) is 6.41. The molecule has 4 N–H and O–H groups in total. The SMILES string of the molecule is COC(=O)CCN1CCc2c(sc(NC(=O)Nc3ccc(Cl)cc3)c2C(N)=O)C1. The first-order valence-electron chi connectivity index (χ1n) is 8.94. The first-order chi connectivity index (χ1) is 13.9. The predicted octanol–water partition coefficient (Wildman–Crippen LogP) is 3.07. The van der Waals surface area contributed by atoms with Gasteiger partial charge in [-0.25, -0.2) is 4.79 Å². The number of nitrogens with one attached hydrogen (secondary N) is 2. The van der Waals surface area contributed by atoms with E-state index in [0.29, 0.717) is 53.8 Å². The quantitative estimate of drug-likeness (QED) is 0.602. The van der Waals surface area contributed by atoms with Crippen molar-refractivity contribution in [3.8, 4) is 0 Å². The number of carbonyl (C=O) groups is 3. The lowest BCUT2D eigenvalue weighted by atomic mass is 10.0. The number of primary amides is 1. The summed E-state index contributed by atoms with van der Waals surface area (Å²) in [7, 11) is 1.36. The Balaban J connectivity index is 1.72. The molecule has 2 aromatic rings. The summed E-state index contributed by atoms with van der Waals surface area (Å²) in [6.45, 7) is 1.84. The Morgan fingerprint density at radius 3 is 2.62 bits per heavy atom. The summed E-state index contributed by atoms with van der Waals surface area (Å²) in [6, 6.07) is 6.21. The first-order valence-corrected chi connectivity index (χ1v) is 10.1. The molecular weight excluding hydrogens is 416 g/mol. The second kappa shape index (κ2) is 9.25. The molecule has 0 saturated heterocycles. The minimum absolute atomic E-state index is 0.263. The lowest BCUT2D eigenvalue weighted by Gasteiger charge is -2.26. The van der Waals surface area contributed by atoms with E-state index >= 15 is 0 Å². The van der Waals surface area contributed by atoms with Crippen LogP contribution in [0.5, 0.6) is 0 Å². The molecule has 1 aromatic carbocycles. The zero-order chi connectivity index (χ0) is 21.0.